The van der Waals surface area contributed by atoms with Gasteiger partial charge in [-0.1, -0.05) is 13.8 Å². The average Bonchev–Trinajstić information content (AvgIpc) is 3.07. The smallest absolute Gasteiger partial charge is 0.326 e. The van der Waals surface area contributed by atoms with Gasteiger partial charge in [-0.3, -0.25) is 4.90 Å². The second-order valence-electron chi connectivity index (χ2n) is 6.54. The number of ether oxygens (including phenoxy) is 1. The van der Waals surface area contributed by atoms with Crippen molar-refractivity contribution in [3.8, 4) is 11.8 Å². The molecule has 27 heavy (non-hydrogen) atoms. The third-order valence-electron chi connectivity index (χ3n) is 4.44. The molecule has 1 aliphatic rings. The summed E-state index contributed by atoms with van der Waals surface area (Å²) in [6, 6.07) is 11.0. The van der Waals surface area contributed by atoms with E-state index in [1.165, 1.54) is 6.20 Å². The SMILES string of the molecule is COc1ccc(N2CCN(C(Nc3ccnc(C#N)n3)C(C)C)C2=O)cc1. The van der Waals surface area contributed by atoms with Crippen molar-refractivity contribution in [2.24, 2.45) is 5.92 Å². The van der Waals surface area contributed by atoms with Gasteiger partial charge in [0.05, 0.1) is 7.11 Å². The van der Waals surface area contributed by atoms with Crippen LogP contribution in [0.4, 0.5) is 16.3 Å². The van der Waals surface area contributed by atoms with Crippen LogP contribution < -0.4 is 15.0 Å². The first kappa shape index (κ1) is 18.5. The van der Waals surface area contributed by atoms with Gasteiger partial charge in [0, 0.05) is 25.0 Å². The molecule has 1 aliphatic heterocycles. The number of aromatic nitrogens is 2. The van der Waals surface area contributed by atoms with Crippen LogP contribution in [0, 0.1) is 17.2 Å². The molecule has 1 aromatic heterocycles. The third-order valence-corrected chi connectivity index (χ3v) is 4.44. The summed E-state index contributed by atoms with van der Waals surface area (Å²) in [5.41, 5.74) is 0.833. The van der Waals surface area contributed by atoms with E-state index >= 15 is 0 Å². The molecule has 2 amide bonds. The molecule has 2 heterocycles. The van der Waals surface area contributed by atoms with E-state index in [4.69, 9.17) is 10.00 Å². The molecule has 0 bridgehead atoms. The van der Waals surface area contributed by atoms with Gasteiger partial charge in [-0.2, -0.15) is 5.26 Å². The zero-order valence-corrected chi connectivity index (χ0v) is 15.6. The van der Waals surface area contributed by atoms with E-state index in [1.807, 2.05) is 44.2 Å². The number of hydrogen-bond acceptors (Lipinski definition) is 6. The van der Waals surface area contributed by atoms with Crippen LogP contribution >= 0.6 is 0 Å². The number of nitrogens with one attached hydrogen (secondary N) is 1. The van der Waals surface area contributed by atoms with Crippen molar-refractivity contribution in [3.63, 3.8) is 0 Å². The molecule has 1 saturated heterocycles. The van der Waals surface area contributed by atoms with E-state index < -0.39 is 0 Å². The minimum atomic E-state index is -0.248. The number of carbonyl (C=O) groups is 1. The van der Waals surface area contributed by atoms with Crippen LogP contribution in [-0.4, -0.2) is 47.3 Å². The monoisotopic (exact) mass is 366 g/mol. The fraction of sp³-hybridized carbons (Fsp3) is 0.368. The van der Waals surface area contributed by atoms with Crippen molar-refractivity contribution in [1.29, 1.82) is 5.26 Å². The lowest BCUT2D eigenvalue weighted by Gasteiger charge is -2.32. The molecule has 1 N–H and O–H groups in total. The number of methoxy groups -OCH3 is 1. The number of hydrogen-bond donors (Lipinski definition) is 1. The second-order valence-corrected chi connectivity index (χ2v) is 6.54. The molecule has 140 valence electrons. The molecule has 8 nitrogen and oxygen atoms in total. The molecule has 2 aromatic rings. The van der Waals surface area contributed by atoms with E-state index in [0.717, 1.165) is 11.4 Å². The highest BCUT2D eigenvalue weighted by molar-refractivity contribution is 5.94. The first-order chi connectivity index (χ1) is 13.0. The maximum Gasteiger partial charge on any atom is 0.326 e. The highest BCUT2D eigenvalue weighted by atomic mass is 16.5. The first-order valence-corrected chi connectivity index (χ1v) is 8.75. The van der Waals surface area contributed by atoms with Gasteiger partial charge >= 0.3 is 6.03 Å². The summed E-state index contributed by atoms with van der Waals surface area (Å²) in [6.07, 6.45) is 1.28. The predicted octanol–water partition coefficient (Wildman–Crippen LogP) is 2.69. The van der Waals surface area contributed by atoms with E-state index in [0.29, 0.717) is 18.9 Å². The Balaban J connectivity index is 1.78. The van der Waals surface area contributed by atoms with Crippen molar-refractivity contribution < 1.29 is 9.53 Å². The zero-order valence-electron chi connectivity index (χ0n) is 15.6. The number of urea groups is 1. The molecule has 3 rings (SSSR count). The normalized spacial score (nSPS) is 15.0. The van der Waals surface area contributed by atoms with Gasteiger partial charge in [-0.15, -0.1) is 0 Å². The Morgan fingerprint density at radius 2 is 1.96 bits per heavy atom. The van der Waals surface area contributed by atoms with Gasteiger partial charge in [0.2, 0.25) is 5.82 Å². The van der Waals surface area contributed by atoms with Gasteiger partial charge in [0.1, 0.15) is 23.8 Å². The maximum atomic E-state index is 13.0. The number of nitrogens with zero attached hydrogens (tertiary/aromatic N) is 5. The molecule has 1 aromatic carbocycles. The average molecular weight is 366 g/mol. The largest absolute Gasteiger partial charge is 0.497 e. The van der Waals surface area contributed by atoms with Gasteiger partial charge in [-0.25, -0.2) is 14.8 Å². The zero-order chi connectivity index (χ0) is 19.4. The maximum absolute atomic E-state index is 13.0. The van der Waals surface area contributed by atoms with Crippen molar-refractivity contribution >= 4 is 17.5 Å². The first-order valence-electron chi connectivity index (χ1n) is 8.75. The van der Waals surface area contributed by atoms with Gasteiger partial charge in [0.25, 0.3) is 0 Å². The quantitative estimate of drug-likeness (QED) is 0.845. The number of anilines is 2. The molecule has 0 aliphatic carbocycles. The minimum absolute atomic E-state index is 0.0686. The Bertz CT molecular complexity index is 846. The van der Waals surface area contributed by atoms with Gasteiger partial charge in [0.15, 0.2) is 0 Å². The summed E-state index contributed by atoms with van der Waals surface area (Å²) >= 11 is 0. The fourth-order valence-electron chi connectivity index (χ4n) is 3.06. The topological polar surface area (TPSA) is 94.4 Å². The van der Waals surface area contributed by atoms with Crippen LogP contribution in [0.15, 0.2) is 36.5 Å². The van der Waals surface area contributed by atoms with Gasteiger partial charge < -0.3 is 15.0 Å². The summed E-state index contributed by atoms with van der Waals surface area (Å²) in [6.45, 7) is 5.26. The Morgan fingerprint density at radius 3 is 2.59 bits per heavy atom. The molecule has 1 unspecified atom stereocenters. The Morgan fingerprint density at radius 1 is 1.22 bits per heavy atom. The Kier molecular flexibility index (Phi) is 5.41. The number of rotatable bonds is 6. The lowest BCUT2D eigenvalue weighted by molar-refractivity contribution is 0.191. The highest BCUT2D eigenvalue weighted by Gasteiger charge is 2.36. The van der Waals surface area contributed by atoms with Crippen LogP contribution in [0.25, 0.3) is 0 Å². The van der Waals surface area contributed by atoms with E-state index in [2.05, 4.69) is 15.3 Å². The summed E-state index contributed by atoms with van der Waals surface area (Å²) in [5.74, 6) is 1.51. The summed E-state index contributed by atoms with van der Waals surface area (Å²) in [7, 11) is 1.61. The van der Waals surface area contributed by atoms with E-state index in [1.54, 1.807) is 23.0 Å². The predicted molar refractivity (Wildman–Crippen MR) is 101 cm³/mol. The minimum Gasteiger partial charge on any atom is -0.497 e. The molecule has 0 spiro atoms. The van der Waals surface area contributed by atoms with Crippen molar-refractivity contribution in [3.05, 3.63) is 42.4 Å². The summed E-state index contributed by atoms with van der Waals surface area (Å²) in [4.78, 5) is 24.6. The Labute approximate surface area is 158 Å². The van der Waals surface area contributed by atoms with Crippen molar-refractivity contribution in [2.75, 3.05) is 30.4 Å². The Hall–Kier alpha value is -3.34. The molecular formula is C19H22N6O2. The number of nitriles is 1. The standard InChI is InChI=1S/C19H22N6O2/c1-13(2)18(23-16-8-9-21-17(12-20)22-16)25-11-10-24(19(25)26)14-4-6-15(27-3)7-5-14/h4-9,13,18H,10-11H2,1-3H3,(H,21,22,23). The second kappa shape index (κ2) is 7.91. The highest BCUT2D eigenvalue weighted by Crippen LogP contribution is 2.26. The lowest BCUT2D eigenvalue weighted by atomic mass is 10.1. The van der Waals surface area contributed by atoms with Crippen molar-refractivity contribution in [1.82, 2.24) is 14.9 Å². The molecular weight excluding hydrogens is 344 g/mol. The summed E-state index contributed by atoms with van der Waals surface area (Å²) in [5, 5.41) is 12.2. The van der Waals surface area contributed by atoms with Crippen LogP contribution in [-0.2, 0) is 0 Å². The molecule has 8 heteroatoms. The molecule has 1 fully saturated rings. The number of benzene rings is 1. The fourth-order valence-corrected chi connectivity index (χ4v) is 3.06. The van der Waals surface area contributed by atoms with Crippen LogP contribution in [0.1, 0.15) is 19.7 Å². The van der Waals surface area contributed by atoms with Crippen LogP contribution in [0.2, 0.25) is 0 Å². The van der Waals surface area contributed by atoms with E-state index in [9.17, 15) is 4.79 Å². The molecule has 0 saturated carbocycles. The van der Waals surface area contributed by atoms with Crippen LogP contribution in [0.3, 0.4) is 0 Å². The molecule has 1 atom stereocenters. The molecule has 0 radical (unpaired) electrons. The summed E-state index contributed by atoms with van der Waals surface area (Å²) < 4.78 is 5.18. The number of carbonyl (C=O) groups excluding carboxylic acids is 1. The van der Waals surface area contributed by atoms with Crippen LogP contribution in [0.5, 0.6) is 5.75 Å². The third kappa shape index (κ3) is 3.92. The van der Waals surface area contributed by atoms with Crippen molar-refractivity contribution in [2.45, 2.75) is 20.0 Å². The van der Waals surface area contributed by atoms with Gasteiger partial charge in [-0.05, 0) is 36.2 Å². The van der Waals surface area contributed by atoms with E-state index in [-0.39, 0.29) is 23.9 Å². The number of amides is 2. The lowest BCUT2D eigenvalue weighted by Crippen LogP contribution is -2.47.